The summed E-state index contributed by atoms with van der Waals surface area (Å²) >= 11 is 0. The van der Waals surface area contributed by atoms with Gasteiger partial charge in [-0.05, 0) is 36.8 Å². The highest BCUT2D eigenvalue weighted by molar-refractivity contribution is 7.00. The Bertz CT molecular complexity index is 578. The fourth-order valence-electron chi connectivity index (χ4n) is 2.55. The first kappa shape index (κ1) is 25.1. The summed E-state index contributed by atoms with van der Waals surface area (Å²) in [6.45, 7) is 8.39. The van der Waals surface area contributed by atoms with Crippen LogP contribution in [0.5, 0.6) is 11.5 Å². The second kappa shape index (κ2) is 13.3. The zero-order chi connectivity index (χ0) is 21.0. The molecule has 0 aromatic heterocycles. The van der Waals surface area contributed by atoms with E-state index in [2.05, 4.69) is 13.8 Å². The summed E-state index contributed by atoms with van der Waals surface area (Å²) in [7, 11) is 4.15. The molecule has 0 N–H and O–H groups in total. The van der Waals surface area contributed by atoms with Gasteiger partial charge in [-0.2, -0.15) is 0 Å². The minimum Gasteiger partial charge on any atom is -0.496 e. The van der Waals surface area contributed by atoms with Crippen molar-refractivity contribution in [3.05, 3.63) is 23.8 Å². The van der Waals surface area contributed by atoms with Gasteiger partial charge in [0.05, 0.1) is 20.8 Å². The predicted octanol–water partition coefficient (Wildman–Crippen LogP) is 4.35. The van der Waals surface area contributed by atoms with Crippen LogP contribution in [0.2, 0.25) is 0 Å². The molecule has 0 bridgehead atoms. The fraction of sp³-hybridized carbons (Fsp3) is 0.600. The van der Waals surface area contributed by atoms with Gasteiger partial charge in [0.15, 0.2) is 5.78 Å². The molecule has 0 heterocycles. The number of carbonyl (C=O) groups excluding carboxylic acids is 2. The average molecular weight is 399 g/mol. The molecule has 0 aliphatic carbocycles. The van der Waals surface area contributed by atoms with Crippen LogP contribution in [-0.2, 0) is 14.1 Å². The molecule has 0 saturated carbocycles. The summed E-state index contributed by atoms with van der Waals surface area (Å²) in [5.74, 6) is -0.267. The van der Waals surface area contributed by atoms with Crippen LogP contribution >= 0.6 is 9.12 Å². The molecular weight excluding hydrogens is 367 g/mol. The van der Waals surface area contributed by atoms with E-state index in [-0.39, 0.29) is 11.7 Å². The van der Waals surface area contributed by atoms with Crippen LogP contribution in [0, 0.1) is 17.8 Å². The van der Waals surface area contributed by atoms with Crippen LogP contribution in [0.25, 0.3) is 0 Å². The molecule has 0 radical (unpaired) electrons. The van der Waals surface area contributed by atoms with Crippen molar-refractivity contribution in [1.29, 1.82) is 0 Å². The van der Waals surface area contributed by atoms with Gasteiger partial charge in [0.25, 0.3) is 0 Å². The van der Waals surface area contributed by atoms with E-state index >= 15 is 0 Å². The molecule has 0 spiro atoms. The van der Waals surface area contributed by atoms with Gasteiger partial charge in [-0.25, -0.2) is 0 Å². The lowest BCUT2D eigenvalue weighted by Crippen LogP contribution is -2.29. The van der Waals surface area contributed by atoms with Gasteiger partial charge in [-0.1, -0.05) is 38.3 Å². The number of rotatable bonds is 10. The highest BCUT2D eigenvalue weighted by atomic mass is 31.0. The third kappa shape index (κ3) is 8.08. The molecule has 6 nitrogen and oxygen atoms in total. The molecule has 0 saturated heterocycles. The Labute approximate surface area is 164 Å². The number of carbonyl (C=O) groups is 2. The number of methoxy groups -OCH3 is 2. The van der Waals surface area contributed by atoms with Gasteiger partial charge in [0.1, 0.15) is 23.0 Å². The lowest BCUT2D eigenvalue weighted by molar-refractivity contribution is -0.147. The molecular formula is C20H32O6P+. The van der Waals surface area contributed by atoms with Crippen LogP contribution in [0.4, 0.5) is 0 Å². The number of ketones is 1. The summed E-state index contributed by atoms with van der Waals surface area (Å²) < 4.78 is 24.1. The van der Waals surface area contributed by atoms with Gasteiger partial charge < -0.3 is 14.2 Å². The number of hydrogen-bond acceptors (Lipinski definition) is 6. The first-order valence-electron chi connectivity index (χ1n) is 8.97. The molecule has 27 heavy (non-hydrogen) atoms. The van der Waals surface area contributed by atoms with Crippen LogP contribution in [0.1, 0.15) is 50.9 Å². The normalized spacial score (nSPS) is 11.4. The van der Waals surface area contributed by atoms with Crippen molar-refractivity contribution in [2.45, 2.75) is 40.5 Å². The highest BCUT2D eigenvalue weighted by Crippen LogP contribution is 2.32. The predicted molar refractivity (Wildman–Crippen MR) is 108 cm³/mol. The highest BCUT2D eigenvalue weighted by Gasteiger charge is 2.33. The van der Waals surface area contributed by atoms with E-state index in [1.54, 1.807) is 18.2 Å². The molecule has 0 aliphatic heterocycles. The minimum atomic E-state index is -0.864. The molecule has 2 atom stereocenters. The molecule has 1 rings (SSSR count). The van der Waals surface area contributed by atoms with Gasteiger partial charge in [-0.3, -0.25) is 9.59 Å². The zero-order valence-corrected chi connectivity index (χ0v) is 18.3. The third-order valence-corrected chi connectivity index (χ3v) is 3.92. The van der Waals surface area contributed by atoms with Crippen LogP contribution in [-0.4, -0.2) is 32.6 Å². The van der Waals surface area contributed by atoms with E-state index in [0.29, 0.717) is 36.0 Å². The number of Topliss-reactive ketones (excluding diaryl/α,β-unsaturated/α-hetero) is 1. The molecule has 0 aliphatic rings. The number of hydrogen-bond donors (Lipinski definition) is 0. The van der Waals surface area contributed by atoms with Crippen molar-refractivity contribution < 1.29 is 28.4 Å². The van der Waals surface area contributed by atoms with E-state index < -0.39 is 11.9 Å². The standard InChI is InChI=1S/C20H30O5.H2OP/c1-13(2)10-11-25-20(22)15(12-14(3)4)19(21)18-16(23-5)8-7-9-17(18)24-6;1-2/h7-9,13-15H,10-12H2,1-6H3;2H2/q;+1. The third-order valence-electron chi connectivity index (χ3n) is 3.92. The summed E-state index contributed by atoms with van der Waals surface area (Å²) in [6, 6.07) is 5.12. The van der Waals surface area contributed by atoms with Crippen LogP contribution < -0.4 is 9.47 Å². The van der Waals surface area contributed by atoms with Crippen molar-refractivity contribution in [3.63, 3.8) is 0 Å². The second-order valence-electron chi connectivity index (χ2n) is 6.93. The molecule has 7 heteroatoms. The van der Waals surface area contributed by atoms with Gasteiger partial charge in [-0.15, -0.1) is 0 Å². The summed E-state index contributed by atoms with van der Waals surface area (Å²) in [4.78, 5) is 25.7. The van der Waals surface area contributed by atoms with Gasteiger partial charge in [0.2, 0.25) is 0 Å². The Hall–Kier alpha value is -1.94. The Morgan fingerprint density at radius 2 is 1.48 bits per heavy atom. The smallest absolute Gasteiger partial charge is 0.316 e. The van der Waals surface area contributed by atoms with Crippen molar-refractivity contribution in [3.8, 4) is 11.5 Å². The maximum Gasteiger partial charge on any atom is 0.316 e. The molecule has 1 aromatic rings. The topological polar surface area (TPSA) is 78.9 Å². The number of ether oxygens (including phenoxy) is 3. The van der Waals surface area contributed by atoms with Crippen molar-refractivity contribution in [2.24, 2.45) is 17.8 Å². The maximum atomic E-state index is 13.1. The molecule has 0 fully saturated rings. The Morgan fingerprint density at radius 1 is 0.963 bits per heavy atom. The Morgan fingerprint density at radius 3 is 1.89 bits per heavy atom. The SMILES string of the molecule is COc1cccc(OC)c1C(=O)C(CC(C)C)C(=O)OCCC(C)C.O=[PH2+]. The van der Waals surface area contributed by atoms with Crippen LogP contribution in [0.15, 0.2) is 18.2 Å². The van der Waals surface area contributed by atoms with Crippen LogP contribution in [0.3, 0.4) is 0 Å². The Balaban J connectivity index is 0.00000326. The first-order valence-corrected chi connectivity index (χ1v) is 9.44. The molecule has 2 unspecified atom stereocenters. The number of esters is 1. The van der Waals surface area contributed by atoms with E-state index in [0.717, 1.165) is 6.42 Å². The van der Waals surface area contributed by atoms with Gasteiger partial charge in [0, 0.05) is 0 Å². The van der Waals surface area contributed by atoms with E-state index in [9.17, 15) is 9.59 Å². The number of benzene rings is 1. The van der Waals surface area contributed by atoms with Crippen molar-refractivity contribution >= 4 is 20.9 Å². The Kier molecular flexibility index (Phi) is 12.3. The van der Waals surface area contributed by atoms with E-state index in [1.807, 2.05) is 13.8 Å². The average Bonchev–Trinajstić information content (AvgIpc) is 2.65. The van der Waals surface area contributed by atoms with Crippen molar-refractivity contribution in [1.82, 2.24) is 0 Å². The second-order valence-corrected chi connectivity index (χ2v) is 6.93. The summed E-state index contributed by atoms with van der Waals surface area (Å²) in [5, 5.41) is 0. The zero-order valence-electron chi connectivity index (χ0n) is 17.1. The molecule has 152 valence electrons. The minimum absolute atomic E-state index is 0.173. The van der Waals surface area contributed by atoms with Crippen molar-refractivity contribution in [2.75, 3.05) is 20.8 Å². The monoisotopic (exact) mass is 399 g/mol. The molecule has 1 aromatic carbocycles. The maximum absolute atomic E-state index is 13.1. The fourth-order valence-corrected chi connectivity index (χ4v) is 2.55. The quantitative estimate of drug-likeness (QED) is 0.252. The lowest BCUT2D eigenvalue weighted by Gasteiger charge is -2.20. The molecule has 0 amide bonds. The summed E-state index contributed by atoms with van der Waals surface area (Å²) in [6.07, 6.45) is 1.19. The first-order chi connectivity index (χ1) is 12.8. The van der Waals surface area contributed by atoms with E-state index in [4.69, 9.17) is 18.8 Å². The van der Waals surface area contributed by atoms with Gasteiger partial charge >= 0.3 is 15.1 Å². The largest absolute Gasteiger partial charge is 0.496 e. The summed E-state index contributed by atoms with van der Waals surface area (Å²) in [5.41, 5.74) is 0.291. The lowest BCUT2D eigenvalue weighted by atomic mass is 9.89. The van der Waals surface area contributed by atoms with E-state index in [1.165, 1.54) is 23.3 Å².